The van der Waals surface area contributed by atoms with Gasteiger partial charge >= 0.3 is 0 Å². The third-order valence-electron chi connectivity index (χ3n) is 6.89. The van der Waals surface area contributed by atoms with E-state index in [0.717, 1.165) is 55.8 Å². The van der Waals surface area contributed by atoms with Gasteiger partial charge in [-0.2, -0.15) is 0 Å². The third kappa shape index (κ3) is 5.36. The molecular formula is C28H32F2N2O. The average molecular weight is 451 g/mol. The van der Waals surface area contributed by atoms with Gasteiger partial charge in [-0.05, 0) is 98.8 Å². The first-order valence-electron chi connectivity index (χ1n) is 11.7. The molecule has 1 aliphatic heterocycles. The highest BCUT2D eigenvalue weighted by molar-refractivity contribution is 5.51. The minimum Gasteiger partial charge on any atom is -0.494 e. The zero-order valence-corrected chi connectivity index (χ0v) is 19.1. The molecular weight excluding hydrogens is 418 g/mol. The van der Waals surface area contributed by atoms with Crippen molar-refractivity contribution in [3.8, 4) is 5.75 Å². The Labute approximate surface area is 195 Å². The van der Waals surface area contributed by atoms with Crippen LogP contribution in [0, 0.1) is 17.6 Å². The third-order valence-corrected chi connectivity index (χ3v) is 6.89. The fraction of sp³-hybridized carbons (Fsp3) is 0.357. The van der Waals surface area contributed by atoms with Gasteiger partial charge in [0.2, 0.25) is 0 Å². The molecule has 1 heterocycles. The lowest BCUT2D eigenvalue weighted by Gasteiger charge is -2.51. The summed E-state index contributed by atoms with van der Waals surface area (Å²) in [6.07, 6.45) is 3.71. The molecule has 1 saturated heterocycles. The van der Waals surface area contributed by atoms with E-state index in [1.54, 1.807) is 12.1 Å². The molecule has 0 radical (unpaired) electrons. The maximum absolute atomic E-state index is 13.9. The number of piperidine rings is 1. The van der Waals surface area contributed by atoms with Crippen LogP contribution in [0.25, 0.3) is 0 Å². The van der Waals surface area contributed by atoms with Crippen LogP contribution in [0.4, 0.5) is 14.5 Å². The summed E-state index contributed by atoms with van der Waals surface area (Å²) in [5.41, 5.74) is 1.67. The second-order valence-corrected chi connectivity index (χ2v) is 8.76. The zero-order valence-electron chi connectivity index (χ0n) is 19.1. The number of anilines is 1. The first-order chi connectivity index (χ1) is 16.1. The van der Waals surface area contributed by atoms with Gasteiger partial charge in [0.1, 0.15) is 17.4 Å². The predicted octanol–water partition coefficient (Wildman–Crippen LogP) is 6.16. The topological polar surface area (TPSA) is 24.5 Å². The molecule has 0 spiro atoms. The summed E-state index contributed by atoms with van der Waals surface area (Å²) in [7, 11) is 2.08. The summed E-state index contributed by atoms with van der Waals surface area (Å²) in [6, 6.07) is 23.4. The molecule has 3 nitrogen and oxygen atoms in total. The summed E-state index contributed by atoms with van der Waals surface area (Å²) in [6.45, 7) is 2.49. The molecule has 0 amide bonds. The molecule has 0 aromatic heterocycles. The lowest BCUT2D eigenvalue weighted by atomic mass is 9.69. The maximum atomic E-state index is 13.9. The van der Waals surface area contributed by atoms with E-state index in [-0.39, 0.29) is 17.2 Å². The molecule has 4 rings (SSSR count). The van der Waals surface area contributed by atoms with E-state index < -0.39 is 0 Å². The second-order valence-electron chi connectivity index (χ2n) is 8.76. The fourth-order valence-electron chi connectivity index (χ4n) is 5.20. The largest absolute Gasteiger partial charge is 0.494 e. The highest BCUT2D eigenvalue weighted by Gasteiger charge is 2.44. The minimum atomic E-state index is -0.367. The lowest BCUT2D eigenvalue weighted by molar-refractivity contribution is 0.178. The van der Waals surface area contributed by atoms with Gasteiger partial charge in [0.05, 0.1) is 12.1 Å². The van der Waals surface area contributed by atoms with Crippen LogP contribution in [-0.2, 0) is 5.54 Å². The predicted molar refractivity (Wildman–Crippen MR) is 130 cm³/mol. The Kier molecular flexibility index (Phi) is 7.61. The summed E-state index contributed by atoms with van der Waals surface area (Å²) < 4.78 is 33.6. The maximum Gasteiger partial charge on any atom is 0.123 e. The number of halogens is 2. The van der Waals surface area contributed by atoms with Crippen molar-refractivity contribution in [1.29, 1.82) is 0 Å². The highest BCUT2D eigenvalue weighted by atomic mass is 19.1. The van der Waals surface area contributed by atoms with Crippen LogP contribution in [0.3, 0.4) is 0 Å². The first-order valence-corrected chi connectivity index (χ1v) is 11.7. The monoisotopic (exact) mass is 450 g/mol. The van der Waals surface area contributed by atoms with Gasteiger partial charge in [-0.3, -0.25) is 0 Å². The van der Waals surface area contributed by atoms with E-state index >= 15 is 0 Å². The molecule has 1 fully saturated rings. The van der Waals surface area contributed by atoms with Crippen molar-refractivity contribution in [2.24, 2.45) is 5.92 Å². The Morgan fingerprint density at radius 3 is 2.12 bits per heavy atom. The molecule has 3 aromatic rings. The Morgan fingerprint density at radius 2 is 1.48 bits per heavy atom. The van der Waals surface area contributed by atoms with Gasteiger partial charge < -0.3 is 15.0 Å². The van der Waals surface area contributed by atoms with Crippen molar-refractivity contribution in [2.45, 2.75) is 31.2 Å². The molecule has 1 N–H and O–H groups in total. The van der Waals surface area contributed by atoms with Crippen LogP contribution in [0.5, 0.6) is 5.75 Å². The number of hydrogen-bond donors (Lipinski definition) is 1. The lowest BCUT2D eigenvalue weighted by Crippen LogP contribution is -2.53. The quantitative estimate of drug-likeness (QED) is 0.396. The number of hydrogen-bond acceptors (Lipinski definition) is 3. The summed E-state index contributed by atoms with van der Waals surface area (Å²) in [5, 5.41) is 3.47. The van der Waals surface area contributed by atoms with Gasteiger partial charge in [-0.25, -0.2) is 8.78 Å². The number of rotatable bonds is 9. The summed E-state index contributed by atoms with van der Waals surface area (Å²) >= 11 is 0. The van der Waals surface area contributed by atoms with Crippen molar-refractivity contribution in [3.05, 3.63) is 96.1 Å². The molecule has 33 heavy (non-hydrogen) atoms. The normalized spacial score (nSPS) is 16.2. The molecule has 0 aliphatic carbocycles. The Bertz CT molecular complexity index is 989. The van der Waals surface area contributed by atoms with Crippen molar-refractivity contribution in [3.63, 3.8) is 0 Å². The van der Waals surface area contributed by atoms with Crippen LogP contribution in [-0.4, -0.2) is 26.7 Å². The van der Waals surface area contributed by atoms with Gasteiger partial charge in [0.15, 0.2) is 0 Å². The summed E-state index contributed by atoms with van der Waals surface area (Å²) in [5.74, 6) is 0.724. The standard InChI is InChI=1S/C28H32F2N2O/c1-32(26-14-12-25(30)13-15-26)28(23-16-19-31-20-17-23,22-8-10-24(29)11-9-22)18-5-21-33-27-6-3-2-4-7-27/h2-4,6-15,23,31H,5,16-21H2,1H3. The molecule has 5 heteroatoms. The van der Waals surface area contributed by atoms with Gasteiger partial charge in [-0.1, -0.05) is 30.3 Å². The van der Waals surface area contributed by atoms with E-state index in [1.807, 2.05) is 54.6 Å². The number of nitrogens with zero attached hydrogens (tertiary/aromatic N) is 1. The molecule has 1 aliphatic rings. The average Bonchev–Trinajstić information content (AvgIpc) is 2.86. The molecule has 0 saturated carbocycles. The van der Waals surface area contributed by atoms with Crippen LogP contribution >= 0.6 is 0 Å². The second kappa shape index (κ2) is 10.8. The number of nitrogens with one attached hydrogen (secondary N) is 1. The van der Waals surface area contributed by atoms with E-state index in [9.17, 15) is 8.78 Å². The van der Waals surface area contributed by atoms with Gasteiger partial charge in [0, 0.05) is 12.7 Å². The molecule has 0 bridgehead atoms. The highest BCUT2D eigenvalue weighted by Crippen LogP contribution is 2.45. The Balaban J connectivity index is 1.68. The Hall–Kier alpha value is -2.92. The fourth-order valence-corrected chi connectivity index (χ4v) is 5.20. The van der Waals surface area contributed by atoms with Crippen molar-refractivity contribution in [1.82, 2.24) is 5.32 Å². The number of benzene rings is 3. The number of ether oxygens (including phenoxy) is 1. The van der Waals surface area contributed by atoms with Crippen molar-refractivity contribution >= 4 is 5.69 Å². The smallest absolute Gasteiger partial charge is 0.123 e. The van der Waals surface area contributed by atoms with Crippen LogP contribution < -0.4 is 15.0 Å². The molecule has 1 atom stereocenters. The molecule has 1 unspecified atom stereocenters. The Morgan fingerprint density at radius 1 is 0.879 bits per heavy atom. The van der Waals surface area contributed by atoms with Crippen molar-refractivity contribution in [2.75, 3.05) is 31.6 Å². The summed E-state index contributed by atoms with van der Waals surface area (Å²) in [4.78, 5) is 2.28. The number of para-hydroxylation sites is 1. The molecule has 174 valence electrons. The van der Waals surface area contributed by atoms with E-state index in [1.165, 1.54) is 12.1 Å². The van der Waals surface area contributed by atoms with Crippen LogP contribution in [0.15, 0.2) is 78.9 Å². The SMILES string of the molecule is CN(c1ccc(F)cc1)C(CCCOc1ccccc1)(c1ccc(F)cc1)C1CCNCC1. The van der Waals surface area contributed by atoms with Crippen molar-refractivity contribution < 1.29 is 13.5 Å². The first kappa shape index (κ1) is 23.2. The van der Waals surface area contributed by atoms with E-state index in [2.05, 4.69) is 17.3 Å². The van der Waals surface area contributed by atoms with Gasteiger partial charge in [0.25, 0.3) is 0 Å². The van der Waals surface area contributed by atoms with E-state index in [4.69, 9.17) is 4.74 Å². The minimum absolute atomic E-state index is 0.241. The van der Waals surface area contributed by atoms with E-state index in [0.29, 0.717) is 12.5 Å². The zero-order chi connectivity index (χ0) is 23.1. The molecule has 3 aromatic carbocycles. The van der Waals surface area contributed by atoms with Crippen LogP contribution in [0.1, 0.15) is 31.2 Å². The van der Waals surface area contributed by atoms with Crippen LogP contribution in [0.2, 0.25) is 0 Å². The van der Waals surface area contributed by atoms with Gasteiger partial charge in [-0.15, -0.1) is 0 Å².